The largest absolute Gasteiger partial charge is 0.479 e. The molecule has 20 heavy (non-hydrogen) atoms. The molecule has 1 unspecified atom stereocenters. The Hall–Kier alpha value is -1.89. The van der Waals surface area contributed by atoms with Crippen molar-refractivity contribution in [3.63, 3.8) is 0 Å². The first-order valence-corrected chi connectivity index (χ1v) is 7.99. The predicted molar refractivity (Wildman–Crippen MR) is 73.9 cm³/mol. The van der Waals surface area contributed by atoms with Crippen molar-refractivity contribution in [2.75, 3.05) is 12.0 Å². The summed E-state index contributed by atoms with van der Waals surface area (Å²) in [7, 11) is -3.27. The average Bonchev–Trinajstić information content (AvgIpc) is 2.36. The van der Waals surface area contributed by atoms with Crippen molar-refractivity contribution in [2.24, 2.45) is 0 Å². The highest BCUT2D eigenvalue weighted by Crippen LogP contribution is 2.21. The molecule has 0 aromatic heterocycles. The van der Waals surface area contributed by atoms with Gasteiger partial charge in [-0.1, -0.05) is 30.3 Å². The molecule has 2 N–H and O–H groups in total. The summed E-state index contributed by atoms with van der Waals surface area (Å²) in [6, 6.07) is 8.24. The van der Waals surface area contributed by atoms with E-state index in [1.165, 1.54) is 6.92 Å². The van der Waals surface area contributed by atoms with E-state index in [4.69, 9.17) is 0 Å². The monoisotopic (exact) mass is 299 g/mol. The van der Waals surface area contributed by atoms with Crippen LogP contribution in [-0.2, 0) is 25.0 Å². The van der Waals surface area contributed by atoms with Gasteiger partial charge in [0.1, 0.15) is 9.84 Å². The number of carboxylic acids is 1. The lowest BCUT2D eigenvalue weighted by molar-refractivity contribution is -0.147. The molecular formula is C13H17NO5S. The Morgan fingerprint density at radius 2 is 1.80 bits per heavy atom. The Morgan fingerprint density at radius 1 is 1.25 bits per heavy atom. The van der Waals surface area contributed by atoms with Gasteiger partial charge in [-0.3, -0.25) is 4.79 Å². The van der Waals surface area contributed by atoms with E-state index < -0.39 is 27.3 Å². The van der Waals surface area contributed by atoms with Gasteiger partial charge in [0.15, 0.2) is 5.54 Å². The van der Waals surface area contributed by atoms with E-state index in [0.29, 0.717) is 5.56 Å². The minimum absolute atomic E-state index is 0.269. The summed E-state index contributed by atoms with van der Waals surface area (Å²) >= 11 is 0. The number of carboxylic acid groups (broad SMARTS) is 1. The summed E-state index contributed by atoms with van der Waals surface area (Å²) in [6.07, 6.45) is 0.752. The molecule has 1 rings (SSSR count). The zero-order chi connectivity index (χ0) is 15.4. The van der Waals surface area contributed by atoms with Gasteiger partial charge in [-0.05, 0) is 12.5 Å². The molecule has 0 bridgehead atoms. The number of nitrogens with one attached hydrogen (secondary N) is 1. The van der Waals surface area contributed by atoms with Crippen molar-refractivity contribution < 1.29 is 23.1 Å². The van der Waals surface area contributed by atoms with Crippen LogP contribution in [0.5, 0.6) is 0 Å². The number of benzene rings is 1. The topological polar surface area (TPSA) is 101 Å². The molecule has 0 saturated heterocycles. The van der Waals surface area contributed by atoms with Crippen molar-refractivity contribution >= 4 is 21.7 Å². The number of aliphatic carboxylic acids is 1. The first-order chi connectivity index (χ1) is 9.15. The quantitative estimate of drug-likeness (QED) is 0.798. The summed E-state index contributed by atoms with van der Waals surface area (Å²) in [5, 5.41) is 11.7. The molecule has 0 aliphatic rings. The standard InChI is InChI=1S/C13H17NO5S/c1-13(12(16)17,10-6-4-3-5-7-10)14-11(15)8-9-20(2,18)19/h3-7H,8-9H2,1-2H3,(H,14,15)(H,16,17). The Labute approximate surface area is 117 Å². The molecule has 0 spiro atoms. The van der Waals surface area contributed by atoms with Gasteiger partial charge in [0.05, 0.1) is 5.75 Å². The highest BCUT2D eigenvalue weighted by molar-refractivity contribution is 7.90. The van der Waals surface area contributed by atoms with Crippen LogP contribution in [0.1, 0.15) is 18.9 Å². The molecule has 1 amide bonds. The van der Waals surface area contributed by atoms with Crippen LogP contribution in [0.2, 0.25) is 0 Å². The van der Waals surface area contributed by atoms with Crippen LogP contribution in [0.25, 0.3) is 0 Å². The van der Waals surface area contributed by atoms with E-state index in [-0.39, 0.29) is 12.2 Å². The Balaban J connectivity index is 2.89. The Morgan fingerprint density at radius 3 is 2.25 bits per heavy atom. The van der Waals surface area contributed by atoms with Crippen molar-refractivity contribution in [3.05, 3.63) is 35.9 Å². The van der Waals surface area contributed by atoms with Gasteiger partial charge in [-0.15, -0.1) is 0 Å². The highest BCUT2D eigenvalue weighted by atomic mass is 32.2. The summed E-state index contributed by atoms with van der Waals surface area (Å²) < 4.78 is 22.0. The fourth-order valence-electron chi connectivity index (χ4n) is 1.64. The summed E-state index contributed by atoms with van der Waals surface area (Å²) in [5.41, 5.74) is -1.17. The number of hydrogen-bond donors (Lipinski definition) is 2. The van der Waals surface area contributed by atoms with Gasteiger partial charge in [0.2, 0.25) is 5.91 Å². The van der Waals surface area contributed by atoms with Crippen molar-refractivity contribution in [1.82, 2.24) is 5.32 Å². The van der Waals surface area contributed by atoms with Gasteiger partial charge >= 0.3 is 5.97 Å². The van der Waals surface area contributed by atoms with Crippen LogP contribution >= 0.6 is 0 Å². The maximum absolute atomic E-state index is 11.7. The molecule has 0 aliphatic heterocycles. The van der Waals surface area contributed by atoms with Gasteiger partial charge in [0, 0.05) is 12.7 Å². The normalized spacial score (nSPS) is 14.3. The predicted octanol–water partition coefficient (Wildman–Crippen LogP) is 0.537. The van der Waals surface area contributed by atoms with E-state index in [9.17, 15) is 23.1 Å². The molecule has 1 atom stereocenters. The van der Waals surface area contributed by atoms with Gasteiger partial charge < -0.3 is 10.4 Å². The Bertz CT molecular complexity index is 596. The van der Waals surface area contributed by atoms with E-state index in [2.05, 4.69) is 5.32 Å². The van der Waals surface area contributed by atoms with E-state index in [1.807, 2.05) is 0 Å². The van der Waals surface area contributed by atoms with Gasteiger partial charge in [-0.2, -0.15) is 0 Å². The van der Waals surface area contributed by atoms with Gasteiger partial charge in [0.25, 0.3) is 0 Å². The fraction of sp³-hybridized carbons (Fsp3) is 0.385. The maximum atomic E-state index is 11.7. The second kappa shape index (κ2) is 6.04. The molecule has 7 heteroatoms. The molecule has 110 valence electrons. The molecule has 1 aromatic rings. The Kier molecular flexibility index (Phi) is 4.88. The third-order valence-corrected chi connectivity index (χ3v) is 3.81. The minimum atomic E-state index is -3.27. The fourth-order valence-corrected chi connectivity index (χ4v) is 2.20. The second-order valence-corrected chi connectivity index (χ2v) is 6.98. The lowest BCUT2D eigenvalue weighted by Crippen LogP contribution is -2.49. The summed E-state index contributed by atoms with van der Waals surface area (Å²) in [5.74, 6) is -2.15. The number of carbonyl (C=O) groups is 2. The van der Waals surface area contributed by atoms with Gasteiger partial charge in [-0.25, -0.2) is 13.2 Å². The van der Waals surface area contributed by atoms with Crippen molar-refractivity contribution in [1.29, 1.82) is 0 Å². The molecular weight excluding hydrogens is 282 g/mol. The summed E-state index contributed by atoms with van der Waals surface area (Å²) in [6.45, 7) is 1.36. The molecule has 0 heterocycles. The van der Waals surface area contributed by atoms with Crippen LogP contribution in [-0.4, -0.2) is 37.4 Å². The van der Waals surface area contributed by atoms with Crippen molar-refractivity contribution in [2.45, 2.75) is 18.9 Å². The zero-order valence-electron chi connectivity index (χ0n) is 11.3. The van der Waals surface area contributed by atoms with E-state index in [1.54, 1.807) is 30.3 Å². The van der Waals surface area contributed by atoms with E-state index >= 15 is 0 Å². The zero-order valence-corrected chi connectivity index (χ0v) is 12.1. The second-order valence-electron chi connectivity index (χ2n) is 4.72. The van der Waals surface area contributed by atoms with Crippen LogP contribution in [0.3, 0.4) is 0 Å². The number of sulfone groups is 1. The molecule has 0 aliphatic carbocycles. The summed E-state index contributed by atoms with van der Waals surface area (Å²) in [4.78, 5) is 23.2. The molecule has 0 radical (unpaired) electrons. The SMILES string of the molecule is CC(NC(=O)CCS(C)(=O)=O)(C(=O)O)c1ccccc1. The molecule has 6 nitrogen and oxygen atoms in total. The highest BCUT2D eigenvalue weighted by Gasteiger charge is 2.36. The third kappa shape index (κ3) is 4.34. The molecule has 0 fully saturated rings. The number of carbonyl (C=O) groups excluding carboxylic acids is 1. The van der Waals surface area contributed by atoms with Crippen LogP contribution in [0, 0.1) is 0 Å². The number of hydrogen-bond acceptors (Lipinski definition) is 4. The first-order valence-electron chi connectivity index (χ1n) is 5.93. The molecule has 0 saturated carbocycles. The number of amides is 1. The van der Waals surface area contributed by atoms with Crippen LogP contribution < -0.4 is 5.32 Å². The van der Waals surface area contributed by atoms with E-state index in [0.717, 1.165) is 6.26 Å². The van der Waals surface area contributed by atoms with Crippen LogP contribution in [0.4, 0.5) is 0 Å². The first kappa shape index (κ1) is 16.2. The average molecular weight is 299 g/mol. The maximum Gasteiger partial charge on any atom is 0.333 e. The smallest absolute Gasteiger partial charge is 0.333 e. The molecule has 1 aromatic carbocycles. The lowest BCUT2D eigenvalue weighted by Gasteiger charge is -2.26. The lowest BCUT2D eigenvalue weighted by atomic mass is 9.92. The minimum Gasteiger partial charge on any atom is -0.479 e. The van der Waals surface area contributed by atoms with Crippen molar-refractivity contribution in [3.8, 4) is 0 Å². The third-order valence-electron chi connectivity index (χ3n) is 2.87. The number of rotatable bonds is 6. The van der Waals surface area contributed by atoms with Crippen LogP contribution in [0.15, 0.2) is 30.3 Å².